The molecule has 1 heterocycles. The predicted octanol–water partition coefficient (Wildman–Crippen LogP) is 0.807. The molecule has 1 aliphatic rings. The van der Waals surface area contributed by atoms with Gasteiger partial charge >= 0.3 is 0 Å². The molecular formula is C12H26N4. The van der Waals surface area contributed by atoms with Crippen LogP contribution in [0, 0.1) is 5.92 Å². The minimum Gasteiger partial charge on any atom is -0.349 e. The fourth-order valence-corrected chi connectivity index (χ4v) is 2.14. The van der Waals surface area contributed by atoms with Crippen molar-refractivity contribution in [1.82, 2.24) is 14.7 Å². The minimum absolute atomic E-state index is 0.770. The van der Waals surface area contributed by atoms with Gasteiger partial charge in [0.1, 0.15) is 0 Å². The lowest BCUT2D eigenvalue weighted by atomic mass is 9.97. The summed E-state index contributed by atoms with van der Waals surface area (Å²) in [6.07, 6.45) is 2.57. The molecule has 0 aromatic rings. The fraction of sp³-hybridized carbons (Fsp3) is 0.917. The van der Waals surface area contributed by atoms with Gasteiger partial charge in [-0.1, -0.05) is 0 Å². The van der Waals surface area contributed by atoms with Crippen LogP contribution in [0.4, 0.5) is 0 Å². The summed E-state index contributed by atoms with van der Waals surface area (Å²) in [5, 5.41) is 0. The van der Waals surface area contributed by atoms with Crippen molar-refractivity contribution in [2.24, 2.45) is 10.9 Å². The average molecular weight is 226 g/mol. The van der Waals surface area contributed by atoms with Gasteiger partial charge in [-0.15, -0.1) is 0 Å². The molecule has 0 amide bonds. The maximum atomic E-state index is 4.72. The Morgan fingerprint density at radius 3 is 2.06 bits per heavy atom. The second kappa shape index (κ2) is 6.09. The molecular weight excluding hydrogens is 200 g/mol. The molecule has 0 aromatic carbocycles. The molecule has 0 unspecified atom stereocenters. The molecule has 16 heavy (non-hydrogen) atoms. The summed E-state index contributed by atoms with van der Waals surface area (Å²) in [7, 11) is 10.4. The highest BCUT2D eigenvalue weighted by Gasteiger charge is 2.16. The van der Waals surface area contributed by atoms with Gasteiger partial charge in [-0.2, -0.15) is 0 Å². The molecule has 1 rings (SSSR count). The van der Waals surface area contributed by atoms with Crippen LogP contribution in [0.3, 0.4) is 0 Å². The van der Waals surface area contributed by atoms with E-state index in [0.29, 0.717) is 0 Å². The van der Waals surface area contributed by atoms with Crippen LogP contribution in [-0.2, 0) is 0 Å². The molecule has 4 nitrogen and oxygen atoms in total. The summed E-state index contributed by atoms with van der Waals surface area (Å²) in [6, 6.07) is 0. The number of nitrogens with zero attached hydrogens (tertiary/aromatic N) is 4. The van der Waals surface area contributed by atoms with Gasteiger partial charge in [0.25, 0.3) is 0 Å². The van der Waals surface area contributed by atoms with E-state index in [0.717, 1.165) is 18.4 Å². The van der Waals surface area contributed by atoms with Crippen molar-refractivity contribution in [1.29, 1.82) is 0 Å². The molecule has 0 aromatic heterocycles. The number of likely N-dealkylation sites (tertiary alicyclic amines) is 1. The van der Waals surface area contributed by atoms with E-state index in [-0.39, 0.29) is 0 Å². The predicted molar refractivity (Wildman–Crippen MR) is 69.9 cm³/mol. The van der Waals surface area contributed by atoms with Crippen LogP contribution in [-0.4, -0.2) is 75.5 Å². The zero-order chi connectivity index (χ0) is 12.1. The third-order valence-electron chi connectivity index (χ3n) is 3.13. The van der Waals surface area contributed by atoms with Gasteiger partial charge in [0, 0.05) is 34.7 Å². The molecule has 0 radical (unpaired) electrons. The van der Waals surface area contributed by atoms with E-state index in [1.54, 1.807) is 0 Å². The van der Waals surface area contributed by atoms with Gasteiger partial charge in [0.2, 0.25) is 0 Å². The van der Waals surface area contributed by atoms with Crippen molar-refractivity contribution in [3.63, 3.8) is 0 Å². The number of hydrogen-bond donors (Lipinski definition) is 0. The van der Waals surface area contributed by atoms with E-state index in [1.807, 2.05) is 28.2 Å². The van der Waals surface area contributed by atoms with E-state index in [9.17, 15) is 0 Å². The van der Waals surface area contributed by atoms with E-state index < -0.39 is 0 Å². The molecule has 0 aliphatic carbocycles. The Morgan fingerprint density at radius 1 is 1.12 bits per heavy atom. The van der Waals surface area contributed by atoms with Crippen molar-refractivity contribution in [2.75, 3.05) is 54.9 Å². The second-order valence-corrected chi connectivity index (χ2v) is 5.18. The maximum absolute atomic E-state index is 4.72. The lowest BCUT2D eigenvalue weighted by Gasteiger charge is -2.29. The normalized spacial score (nSPS) is 18.3. The number of hydrogen-bond acceptors (Lipinski definition) is 2. The molecule has 0 N–H and O–H groups in total. The molecule has 1 fully saturated rings. The highest BCUT2D eigenvalue weighted by Crippen LogP contribution is 2.16. The topological polar surface area (TPSA) is 22.1 Å². The number of piperidine rings is 1. The Bertz CT molecular complexity index is 217. The molecule has 0 bridgehead atoms. The van der Waals surface area contributed by atoms with Crippen LogP contribution in [0.5, 0.6) is 0 Å². The lowest BCUT2D eigenvalue weighted by molar-refractivity contribution is 0.223. The highest BCUT2D eigenvalue weighted by atomic mass is 15.3. The Morgan fingerprint density at radius 2 is 1.62 bits per heavy atom. The number of aliphatic imine (C=N–C) groups is 1. The van der Waals surface area contributed by atoms with E-state index in [1.165, 1.54) is 25.9 Å². The third kappa shape index (κ3) is 4.00. The summed E-state index contributed by atoms with van der Waals surface area (Å²) in [5.41, 5.74) is 0. The van der Waals surface area contributed by atoms with Crippen molar-refractivity contribution in [3.8, 4) is 0 Å². The summed E-state index contributed by atoms with van der Waals surface area (Å²) < 4.78 is 0. The zero-order valence-electron chi connectivity index (χ0n) is 11.4. The maximum Gasteiger partial charge on any atom is 0.195 e. The van der Waals surface area contributed by atoms with Gasteiger partial charge in [-0.3, -0.25) is 4.99 Å². The van der Waals surface area contributed by atoms with Gasteiger partial charge in [-0.25, -0.2) is 0 Å². The zero-order valence-corrected chi connectivity index (χ0v) is 11.4. The van der Waals surface area contributed by atoms with Gasteiger partial charge in [-0.05, 0) is 38.9 Å². The smallest absolute Gasteiger partial charge is 0.195 e. The van der Waals surface area contributed by atoms with E-state index in [4.69, 9.17) is 4.99 Å². The van der Waals surface area contributed by atoms with Crippen LogP contribution >= 0.6 is 0 Å². The first-order valence-electron chi connectivity index (χ1n) is 6.08. The largest absolute Gasteiger partial charge is 0.349 e. The van der Waals surface area contributed by atoms with Crippen molar-refractivity contribution >= 4 is 5.96 Å². The Labute approximate surface area is 99.9 Å². The molecule has 94 valence electrons. The summed E-state index contributed by atoms with van der Waals surface area (Å²) >= 11 is 0. The molecule has 0 atom stereocenters. The first-order chi connectivity index (χ1) is 7.50. The summed E-state index contributed by atoms with van der Waals surface area (Å²) in [6.45, 7) is 3.42. The minimum atomic E-state index is 0.770. The van der Waals surface area contributed by atoms with Crippen LogP contribution in [0.1, 0.15) is 12.8 Å². The van der Waals surface area contributed by atoms with Crippen molar-refractivity contribution in [3.05, 3.63) is 0 Å². The molecule has 0 saturated carbocycles. The van der Waals surface area contributed by atoms with Crippen molar-refractivity contribution < 1.29 is 0 Å². The third-order valence-corrected chi connectivity index (χ3v) is 3.13. The quantitative estimate of drug-likeness (QED) is 0.514. The fourth-order valence-electron chi connectivity index (χ4n) is 2.14. The number of rotatable bonds is 2. The standard InChI is InChI=1S/C12H26N4/c1-14(2)12(15(3)4)13-10-11-6-8-16(5)9-7-11/h11H,6-10H2,1-5H3. The van der Waals surface area contributed by atoms with Crippen LogP contribution in [0.25, 0.3) is 0 Å². The Kier molecular flexibility index (Phi) is 5.06. The van der Waals surface area contributed by atoms with E-state index >= 15 is 0 Å². The highest BCUT2D eigenvalue weighted by molar-refractivity contribution is 5.79. The Balaban J connectivity index is 2.44. The van der Waals surface area contributed by atoms with Gasteiger partial charge in [0.15, 0.2) is 5.96 Å². The second-order valence-electron chi connectivity index (χ2n) is 5.18. The molecule has 1 saturated heterocycles. The SMILES string of the molecule is CN1CCC(CN=C(N(C)C)N(C)C)CC1. The molecule has 1 aliphatic heterocycles. The van der Waals surface area contributed by atoms with E-state index in [2.05, 4.69) is 21.7 Å². The van der Waals surface area contributed by atoms with Gasteiger partial charge in [0.05, 0.1) is 0 Å². The van der Waals surface area contributed by atoms with Crippen molar-refractivity contribution in [2.45, 2.75) is 12.8 Å². The monoisotopic (exact) mass is 226 g/mol. The van der Waals surface area contributed by atoms with Crippen LogP contribution < -0.4 is 0 Å². The number of guanidine groups is 1. The van der Waals surface area contributed by atoms with Crippen LogP contribution in [0.2, 0.25) is 0 Å². The summed E-state index contributed by atoms with van der Waals surface area (Å²) in [4.78, 5) is 11.3. The Hall–Kier alpha value is -0.770. The lowest BCUT2D eigenvalue weighted by Crippen LogP contribution is -2.36. The molecule has 0 spiro atoms. The van der Waals surface area contributed by atoms with Crippen LogP contribution in [0.15, 0.2) is 4.99 Å². The first-order valence-corrected chi connectivity index (χ1v) is 6.08. The molecule has 4 heteroatoms. The first kappa shape index (κ1) is 13.3. The summed E-state index contributed by atoms with van der Waals surface area (Å²) in [5.74, 6) is 1.84. The van der Waals surface area contributed by atoms with Gasteiger partial charge < -0.3 is 14.7 Å². The average Bonchev–Trinajstić information content (AvgIpc) is 2.20.